The summed E-state index contributed by atoms with van der Waals surface area (Å²) in [4.78, 5) is 27.9. The lowest BCUT2D eigenvalue weighted by Crippen LogP contribution is -2.51. The molecule has 0 fully saturated rings. The summed E-state index contributed by atoms with van der Waals surface area (Å²) in [6.45, 7) is 6.14. The molecule has 0 aliphatic heterocycles. The predicted molar refractivity (Wildman–Crippen MR) is 139 cm³/mol. The molecule has 1 N–H and O–H groups in total. The van der Waals surface area contributed by atoms with Gasteiger partial charge in [-0.2, -0.15) is 0 Å². The molecule has 0 heterocycles. The van der Waals surface area contributed by atoms with Crippen molar-refractivity contribution in [2.75, 3.05) is 5.75 Å². The van der Waals surface area contributed by atoms with Gasteiger partial charge in [-0.3, -0.25) is 9.59 Å². The average Bonchev–Trinajstić information content (AvgIpc) is 2.76. The van der Waals surface area contributed by atoms with E-state index < -0.39 is 6.04 Å². The maximum absolute atomic E-state index is 13.3. The van der Waals surface area contributed by atoms with Crippen molar-refractivity contribution in [3.05, 3.63) is 68.1 Å². The Hall–Kier alpha value is -1.21. The average molecular weight is 560 g/mol. The number of carbonyl (C=O) groups excluding carboxylic acids is 2. The maximum Gasteiger partial charge on any atom is 0.243 e. The summed E-state index contributed by atoms with van der Waals surface area (Å²) in [6.07, 6.45) is 1.33. The molecular weight excluding hydrogens is 531 g/mol. The number of hydrogen-bond acceptors (Lipinski definition) is 3. The number of rotatable bonds is 11. The molecule has 174 valence electrons. The third kappa shape index (κ3) is 8.29. The lowest BCUT2D eigenvalue weighted by atomic mass is 10.1. The lowest BCUT2D eigenvalue weighted by molar-refractivity contribution is -0.139. The van der Waals surface area contributed by atoms with Crippen molar-refractivity contribution in [1.82, 2.24) is 10.2 Å². The van der Waals surface area contributed by atoms with Crippen LogP contribution in [-0.2, 0) is 21.9 Å². The molecule has 2 atom stereocenters. The van der Waals surface area contributed by atoms with Gasteiger partial charge >= 0.3 is 0 Å². The standard InChI is InChI=1S/C24H29BrCl2N2O2S/c1-4-16(3)28-24(31)22(5-2)29(13-18-8-11-20(26)12-21(18)27)23(30)15-32-14-17-6-9-19(25)10-7-17/h6-12,16,22H,4-5,13-15H2,1-3H3,(H,28,31). The van der Waals surface area contributed by atoms with Crippen LogP contribution in [-0.4, -0.2) is 34.6 Å². The van der Waals surface area contributed by atoms with Crippen molar-refractivity contribution in [3.63, 3.8) is 0 Å². The smallest absolute Gasteiger partial charge is 0.243 e. The first-order valence-corrected chi connectivity index (χ1v) is 13.3. The fourth-order valence-corrected chi connectivity index (χ4v) is 4.72. The molecule has 2 amide bonds. The number of benzene rings is 2. The topological polar surface area (TPSA) is 49.4 Å². The van der Waals surface area contributed by atoms with E-state index in [1.807, 2.05) is 45.0 Å². The van der Waals surface area contributed by atoms with E-state index in [9.17, 15) is 9.59 Å². The van der Waals surface area contributed by atoms with Crippen molar-refractivity contribution >= 4 is 62.7 Å². The van der Waals surface area contributed by atoms with Gasteiger partial charge in [0.05, 0.1) is 5.75 Å². The van der Waals surface area contributed by atoms with Crippen LogP contribution >= 0.6 is 50.9 Å². The van der Waals surface area contributed by atoms with E-state index in [1.165, 1.54) is 11.8 Å². The van der Waals surface area contributed by atoms with Crippen LogP contribution in [0.2, 0.25) is 10.0 Å². The Bertz CT molecular complexity index is 911. The van der Waals surface area contributed by atoms with Gasteiger partial charge in [0.2, 0.25) is 11.8 Å². The van der Waals surface area contributed by atoms with Gasteiger partial charge in [0.1, 0.15) is 6.04 Å². The van der Waals surface area contributed by atoms with Gasteiger partial charge in [-0.25, -0.2) is 0 Å². The van der Waals surface area contributed by atoms with Gasteiger partial charge in [0.25, 0.3) is 0 Å². The molecule has 2 rings (SSSR count). The van der Waals surface area contributed by atoms with Crippen molar-refractivity contribution in [2.45, 2.75) is 58.0 Å². The first kappa shape index (κ1) is 27.0. The summed E-state index contributed by atoms with van der Waals surface area (Å²) in [5.41, 5.74) is 1.90. The summed E-state index contributed by atoms with van der Waals surface area (Å²) in [6, 6.07) is 12.7. The van der Waals surface area contributed by atoms with Crippen LogP contribution in [0.15, 0.2) is 46.9 Å². The van der Waals surface area contributed by atoms with Crippen molar-refractivity contribution in [1.29, 1.82) is 0 Å². The molecule has 8 heteroatoms. The minimum Gasteiger partial charge on any atom is -0.352 e. The van der Waals surface area contributed by atoms with Crippen LogP contribution in [0.5, 0.6) is 0 Å². The normalized spacial score (nSPS) is 12.8. The van der Waals surface area contributed by atoms with Crippen molar-refractivity contribution < 1.29 is 9.59 Å². The number of nitrogens with zero attached hydrogens (tertiary/aromatic N) is 1. The Labute approximate surface area is 213 Å². The molecule has 2 aromatic rings. The third-order valence-electron chi connectivity index (χ3n) is 5.15. The Balaban J connectivity index is 2.17. The summed E-state index contributed by atoms with van der Waals surface area (Å²) in [5, 5.41) is 4.03. The monoisotopic (exact) mass is 558 g/mol. The summed E-state index contributed by atoms with van der Waals surface area (Å²) < 4.78 is 1.02. The second-order valence-electron chi connectivity index (χ2n) is 7.62. The van der Waals surface area contributed by atoms with E-state index in [0.717, 1.165) is 22.0 Å². The number of halogens is 3. The minimum absolute atomic E-state index is 0.0411. The molecular formula is C24H29BrCl2N2O2S. The van der Waals surface area contributed by atoms with E-state index in [0.29, 0.717) is 22.2 Å². The van der Waals surface area contributed by atoms with Gasteiger partial charge in [-0.1, -0.05) is 71.2 Å². The van der Waals surface area contributed by atoms with E-state index in [2.05, 4.69) is 21.2 Å². The fourth-order valence-electron chi connectivity index (χ4n) is 3.11. The maximum atomic E-state index is 13.3. The van der Waals surface area contributed by atoms with E-state index >= 15 is 0 Å². The van der Waals surface area contributed by atoms with Crippen LogP contribution in [0, 0.1) is 0 Å². The van der Waals surface area contributed by atoms with Crippen molar-refractivity contribution in [2.24, 2.45) is 0 Å². The van der Waals surface area contributed by atoms with E-state index in [1.54, 1.807) is 23.1 Å². The molecule has 0 aliphatic carbocycles. The zero-order chi connectivity index (χ0) is 23.7. The molecule has 4 nitrogen and oxygen atoms in total. The zero-order valence-corrected chi connectivity index (χ0v) is 22.5. The molecule has 32 heavy (non-hydrogen) atoms. The van der Waals surface area contributed by atoms with Crippen LogP contribution in [0.4, 0.5) is 0 Å². The van der Waals surface area contributed by atoms with Crippen LogP contribution in [0.25, 0.3) is 0 Å². The van der Waals surface area contributed by atoms with Gasteiger partial charge in [-0.15, -0.1) is 11.8 Å². The van der Waals surface area contributed by atoms with Gasteiger partial charge in [0.15, 0.2) is 0 Å². The highest BCUT2D eigenvalue weighted by Gasteiger charge is 2.29. The second-order valence-corrected chi connectivity index (χ2v) is 10.4. The largest absolute Gasteiger partial charge is 0.352 e. The fraction of sp³-hybridized carbons (Fsp3) is 0.417. The summed E-state index contributed by atoms with van der Waals surface area (Å²) >= 11 is 17.4. The Kier molecular flexibility index (Phi) is 11.4. The number of amides is 2. The molecule has 2 aromatic carbocycles. The quantitative estimate of drug-likeness (QED) is 0.333. The third-order valence-corrected chi connectivity index (χ3v) is 7.25. The second kappa shape index (κ2) is 13.5. The summed E-state index contributed by atoms with van der Waals surface area (Å²) in [5.74, 6) is 0.751. The van der Waals surface area contributed by atoms with Gasteiger partial charge in [-0.05, 0) is 55.2 Å². The molecule has 0 aromatic heterocycles. The van der Waals surface area contributed by atoms with E-state index in [-0.39, 0.29) is 30.2 Å². The van der Waals surface area contributed by atoms with Crippen molar-refractivity contribution in [3.8, 4) is 0 Å². The molecule has 0 saturated carbocycles. The molecule has 0 spiro atoms. The minimum atomic E-state index is -0.573. The van der Waals surface area contributed by atoms with Gasteiger partial charge < -0.3 is 10.2 Å². The zero-order valence-electron chi connectivity index (χ0n) is 18.5. The Morgan fingerprint density at radius 1 is 1.09 bits per heavy atom. The molecule has 0 saturated heterocycles. The van der Waals surface area contributed by atoms with Crippen LogP contribution < -0.4 is 5.32 Å². The highest BCUT2D eigenvalue weighted by atomic mass is 79.9. The lowest BCUT2D eigenvalue weighted by Gasteiger charge is -2.31. The number of hydrogen-bond donors (Lipinski definition) is 1. The molecule has 0 bridgehead atoms. The Morgan fingerprint density at radius 2 is 1.78 bits per heavy atom. The molecule has 2 unspecified atom stereocenters. The number of carbonyl (C=O) groups is 2. The first-order chi connectivity index (χ1) is 15.2. The highest BCUT2D eigenvalue weighted by molar-refractivity contribution is 9.10. The Morgan fingerprint density at radius 3 is 2.38 bits per heavy atom. The SMILES string of the molecule is CCC(C)NC(=O)C(CC)N(Cc1ccc(Cl)cc1Cl)C(=O)CSCc1ccc(Br)cc1. The predicted octanol–water partition coefficient (Wildman–Crippen LogP) is 6.71. The molecule has 0 radical (unpaired) electrons. The molecule has 0 aliphatic rings. The highest BCUT2D eigenvalue weighted by Crippen LogP contribution is 2.25. The first-order valence-electron chi connectivity index (χ1n) is 10.6. The van der Waals surface area contributed by atoms with Gasteiger partial charge in [0, 0.05) is 32.9 Å². The van der Waals surface area contributed by atoms with Crippen LogP contribution in [0.1, 0.15) is 44.7 Å². The van der Waals surface area contributed by atoms with Crippen LogP contribution in [0.3, 0.4) is 0 Å². The van der Waals surface area contributed by atoms with E-state index in [4.69, 9.17) is 23.2 Å². The summed E-state index contributed by atoms with van der Waals surface area (Å²) in [7, 11) is 0. The number of thioether (sulfide) groups is 1. The number of nitrogens with one attached hydrogen (secondary N) is 1.